The van der Waals surface area contributed by atoms with Gasteiger partial charge in [-0.2, -0.15) is 0 Å². The molecule has 0 spiro atoms. The summed E-state index contributed by atoms with van der Waals surface area (Å²) in [5, 5.41) is 1.45. The number of halogens is 1. The summed E-state index contributed by atoms with van der Waals surface area (Å²) in [7, 11) is 0. The topological polar surface area (TPSA) is 71.8 Å². The smallest absolute Gasteiger partial charge is 0.218 e. The van der Waals surface area contributed by atoms with Crippen LogP contribution >= 0.6 is 23.4 Å². The van der Waals surface area contributed by atoms with Gasteiger partial charge in [0, 0.05) is 17.2 Å². The Morgan fingerprint density at radius 3 is 3.12 bits per heavy atom. The first kappa shape index (κ1) is 11.3. The van der Waals surface area contributed by atoms with Gasteiger partial charge in [-0.15, -0.1) is 0 Å². The van der Waals surface area contributed by atoms with Crippen molar-refractivity contribution in [1.29, 1.82) is 0 Å². The number of H-pyrrole nitrogens is 1. The highest BCUT2D eigenvalue weighted by atomic mass is 35.5. The summed E-state index contributed by atoms with van der Waals surface area (Å²) in [5.74, 6) is 0.328. The fraction of sp³-hybridized carbons (Fsp3) is 0.200. The number of nitrogens with one attached hydrogen (secondary N) is 1. The number of nitrogens with zero attached hydrogens (tertiary/aromatic N) is 1. The standard InChI is InChI=1S/C10H10ClN3OS/c11-6-1-2-7-8(5-6)14-10(13-7)16-4-3-9(12)15/h1-2,5H,3-4H2,(H2,12,15)(H,13,14). The Morgan fingerprint density at radius 2 is 2.38 bits per heavy atom. The SMILES string of the molecule is NC(=O)CCSc1nc2ccc(Cl)cc2[nH]1. The van der Waals surface area contributed by atoms with Gasteiger partial charge in [0.05, 0.1) is 11.0 Å². The van der Waals surface area contributed by atoms with Gasteiger partial charge in [0.2, 0.25) is 5.91 Å². The van der Waals surface area contributed by atoms with Crippen LogP contribution in [0.15, 0.2) is 23.4 Å². The van der Waals surface area contributed by atoms with Crippen LogP contribution in [0.2, 0.25) is 5.02 Å². The lowest BCUT2D eigenvalue weighted by Crippen LogP contribution is -2.10. The second kappa shape index (κ2) is 4.76. The molecule has 3 N–H and O–H groups in total. The Hall–Kier alpha value is -1.20. The van der Waals surface area contributed by atoms with E-state index < -0.39 is 0 Å². The van der Waals surface area contributed by atoms with Crippen LogP contribution in [0.5, 0.6) is 0 Å². The maximum Gasteiger partial charge on any atom is 0.218 e. The average Bonchev–Trinajstić information content (AvgIpc) is 2.58. The van der Waals surface area contributed by atoms with Crippen LogP contribution in [0, 0.1) is 0 Å². The third-order valence-corrected chi connectivity index (χ3v) is 3.12. The lowest BCUT2D eigenvalue weighted by atomic mass is 10.3. The van der Waals surface area contributed by atoms with Gasteiger partial charge in [0.1, 0.15) is 0 Å². The third-order valence-electron chi connectivity index (χ3n) is 2.01. The number of aromatic nitrogens is 2. The van der Waals surface area contributed by atoms with Crippen molar-refractivity contribution in [2.45, 2.75) is 11.6 Å². The van der Waals surface area contributed by atoms with Crippen LogP contribution in [0.25, 0.3) is 11.0 Å². The number of fused-ring (bicyclic) bond motifs is 1. The van der Waals surface area contributed by atoms with Crippen LogP contribution in [0.4, 0.5) is 0 Å². The Labute approximate surface area is 102 Å². The fourth-order valence-electron chi connectivity index (χ4n) is 1.28. The zero-order valence-electron chi connectivity index (χ0n) is 8.37. The van der Waals surface area contributed by atoms with E-state index in [4.69, 9.17) is 17.3 Å². The molecule has 84 valence electrons. The number of carbonyl (C=O) groups is 1. The lowest BCUT2D eigenvalue weighted by Gasteiger charge is -1.93. The first-order valence-corrected chi connectivity index (χ1v) is 6.08. The number of imidazole rings is 1. The van der Waals surface area contributed by atoms with Crippen LogP contribution < -0.4 is 5.73 Å². The van der Waals surface area contributed by atoms with Gasteiger partial charge in [-0.25, -0.2) is 4.98 Å². The highest BCUT2D eigenvalue weighted by Gasteiger charge is 2.04. The molecular formula is C10H10ClN3OS. The minimum atomic E-state index is -0.299. The molecule has 1 heterocycles. The number of rotatable bonds is 4. The molecule has 0 aliphatic rings. The first-order valence-electron chi connectivity index (χ1n) is 4.71. The molecule has 0 unspecified atom stereocenters. The molecule has 6 heteroatoms. The molecule has 0 bridgehead atoms. The molecule has 2 aromatic rings. The molecule has 4 nitrogen and oxygen atoms in total. The minimum absolute atomic E-state index is 0.299. The van der Waals surface area contributed by atoms with E-state index in [1.54, 1.807) is 6.07 Å². The van der Waals surface area contributed by atoms with E-state index in [2.05, 4.69) is 9.97 Å². The quantitative estimate of drug-likeness (QED) is 0.823. The maximum atomic E-state index is 10.6. The van der Waals surface area contributed by atoms with Crippen molar-refractivity contribution in [2.75, 3.05) is 5.75 Å². The van der Waals surface area contributed by atoms with E-state index in [0.29, 0.717) is 17.2 Å². The maximum absolute atomic E-state index is 10.6. The van der Waals surface area contributed by atoms with Gasteiger partial charge in [0.25, 0.3) is 0 Å². The number of carbonyl (C=O) groups excluding carboxylic acids is 1. The van der Waals surface area contributed by atoms with Gasteiger partial charge in [-0.3, -0.25) is 4.79 Å². The summed E-state index contributed by atoms with van der Waals surface area (Å²) in [6, 6.07) is 5.47. The van der Waals surface area contributed by atoms with Crippen molar-refractivity contribution >= 4 is 40.3 Å². The fourth-order valence-corrected chi connectivity index (χ4v) is 2.29. The van der Waals surface area contributed by atoms with Crippen molar-refractivity contribution in [1.82, 2.24) is 9.97 Å². The molecule has 0 atom stereocenters. The van der Waals surface area contributed by atoms with Gasteiger partial charge in [-0.1, -0.05) is 23.4 Å². The van der Waals surface area contributed by atoms with Gasteiger partial charge in [0.15, 0.2) is 5.16 Å². The molecule has 0 saturated heterocycles. The molecule has 0 radical (unpaired) electrons. The van der Waals surface area contributed by atoms with Crippen LogP contribution in [0.3, 0.4) is 0 Å². The molecule has 0 saturated carbocycles. The number of aromatic amines is 1. The van der Waals surface area contributed by atoms with E-state index >= 15 is 0 Å². The highest BCUT2D eigenvalue weighted by Crippen LogP contribution is 2.22. The molecular weight excluding hydrogens is 246 g/mol. The van der Waals surface area contributed by atoms with Crippen molar-refractivity contribution < 1.29 is 4.79 Å². The van der Waals surface area contributed by atoms with Crippen molar-refractivity contribution in [2.24, 2.45) is 5.73 Å². The summed E-state index contributed by atoms with van der Waals surface area (Å²) in [6.07, 6.45) is 0.350. The number of benzene rings is 1. The predicted molar refractivity (Wildman–Crippen MR) is 65.6 cm³/mol. The predicted octanol–water partition coefficient (Wildman–Crippen LogP) is 2.18. The second-order valence-corrected chi connectivity index (χ2v) is 4.79. The number of thioether (sulfide) groups is 1. The van der Waals surface area contributed by atoms with Crippen molar-refractivity contribution in [3.63, 3.8) is 0 Å². The summed E-state index contributed by atoms with van der Waals surface area (Å²) >= 11 is 7.33. The number of nitrogens with two attached hydrogens (primary N) is 1. The third kappa shape index (κ3) is 2.68. The van der Waals surface area contributed by atoms with Crippen molar-refractivity contribution in [3.05, 3.63) is 23.2 Å². The van der Waals surface area contributed by atoms with Gasteiger partial charge < -0.3 is 10.7 Å². The molecule has 0 aliphatic heterocycles. The highest BCUT2D eigenvalue weighted by molar-refractivity contribution is 7.99. The second-order valence-electron chi connectivity index (χ2n) is 3.27. The number of amides is 1. The normalized spacial score (nSPS) is 10.8. The summed E-state index contributed by atoms with van der Waals surface area (Å²) in [5.41, 5.74) is 6.82. The van der Waals surface area contributed by atoms with E-state index in [-0.39, 0.29) is 5.91 Å². The first-order chi connectivity index (χ1) is 7.65. The van der Waals surface area contributed by atoms with Gasteiger partial charge in [-0.05, 0) is 18.2 Å². The Bertz CT molecular complexity index is 526. The van der Waals surface area contributed by atoms with Crippen LogP contribution in [-0.4, -0.2) is 21.6 Å². The zero-order valence-corrected chi connectivity index (χ0v) is 9.94. The Kier molecular flexibility index (Phi) is 3.36. The molecule has 1 aromatic carbocycles. The van der Waals surface area contributed by atoms with Crippen LogP contribution in [0.1, 0.15) is 6.42 Å². The molecule has 2 rings (SSSR count). The summed E-state index contributed by atoms with van der Waals surface area (Å²) in [6.45, 7) is 0. The molecule has 0 fully saturated rings. The van der Waals surface area contributed by atoms with E-state index in [1.165, 1.54) is 11.8 Å². The molecule has 1 aromatic heterocycles. The number of hydrogen-bond donors (Lipinski definition) is 2. The number of primary amides is 1. The summed E-state index contributed by atoms with van der Waals surface area (Å²) < 4.78 is 0. The molecule has 1 amide bonds. The molecule has 16 heavy (non-hydrogen) atoms. The van der Waals surface area contributed by atoms with Crippen molar-refractivity contribution in [3.8, 4) is 0 Å². The van der Waals surface area contributed by atoms with Gasteiger partial charge >= 0.3 is 0 Å². The summed E-state index contributed by atoms with van der Waals surface area (Å²) in [4.78, 5) is 18.0. The largest absolute Gasteiger partial charge is 0.370 e. The van der Waals surface area contributed by atoms with E-state index in [0.717, 1.165) is 16.2 Å². The van der Waals surface area contributed by atoms with E-state index in [1.807, 2.05) is 12.1 Å². The molecule has 0 aliphatic carbocycles. The monoisotopic (exact) mass is 255 g/mol. The van der Waals surface area contributed by atoms with Crippen LogP contribution in [-0.2, 0) is 4.79 Å². The zero-order chi connectivity index (χ0) is 11.5. The minimum Gasteiger partial charge on any atom is -0.370 e. The Morgan fingerprint density at radius 1 is 1.56 bits per heavy atom. The van der Waals surface area contributed by atoms with E-state index in [9.17, 15) is 4.79 Å². The Balaban J connectivity index is 2.10. The average molecular weight is 256 g/mol. The number of hydrogen-bond acceptors (Lipinski definition) is 3. The lowest BCUT2D eigenvalue weighted by molar-refractivity contribution is -0.117.